The molecule has 0 amide bonds. The molecule has 6 heteroatoms. The minimum atomic E-state index is 0. The van der Waals surface area contributed by atoms with Crippen molar-refractivity contribution >= 4 is 36.2 Å². The number of nitrogens with zero attached hydrogens (tertiary/aromatic N) is 3. The summed E-state index contributed by atoms with van der Waals surface area (Å²) < 4.78 is 0. The largest absolute Gasteiger partial charge is 0.458 e. The zero-order valence-corrected chi connectivity index (χ0v) is 17.7. The summed E-state index contributed by atoms with van der Waals surface area (Å²) in [5.74, 6) is 0. The maximum absolute atomic E-state index is 5.41. The Balaban J connectivity index is 0.00000261. The van der Waals surface area contributed by atoms with E-state index in [0.717, 1.165) is 22.8 Å². The van der Waals surface area contributed by atoms with Crippen molar-refractivity contribution < 1.29 is 32.7 Å². The van der Waals surface area contributed by atoms with Crippen LogP contribution in [-0.4, -0.2) is 18.4 Å². The Morgan fingerprint density at radius 3 is 1.56 bits per heavy atom. The molecule has 0 saturated heterocycles. The molecule has 0 aliphatic carbocycles. The van der Waals surface area contributed by atoms with Gasteiger partial charge in [-0.1, -0.05) is 53.8 Å². The van der Waals surface area contributed by atoms with Gasteiger partial charge in [0.2, 0.25) is 0 Å². The van der Waals surface area contributed by atoms with Gasteiger partial charge in [-0.2, -0.15) is 13.4 Å². The van der Waals surface area contributed by atoms with Crippen molar-refractivity contribution in [3.05, 3.63) is 78.1 Å². The average molecular weight is 430 g/mol. The maximum atomic E-state index is 5.41. The van der Waals surface area contributed by atoms with Crippen molar-refractivity contribution in [1.29, 1.82) is 0 Å². The van der Waals surface area contributed by atoms with Crippen molar-refractivity contribution in [2.45, 2.75) is 13.1 Å². The molecule has 0 unspecified atom stereocenters. The van der Waals surface area contributed by atoms with Crippen LogP contribution >= 0.6 is 0 Å². The third-order valence-electron chi connectivity index (χ3n) is 3.87. The van der Waals surface area contributed by atoms with E-state index in [1.807, 2.05) is 66.7 Å². The Morgan fingerprint density at radius 1 is 0.667 bits per heavy atom. The topological polar surface area (TPSA) is 61.7 Å². The van der Waals surface area contributed by atoms with Crippen LogP contribution in [0.1, 0.15) is 11.4 Å². The van der Waals surface area contributed by atoms with E-state index in [1.54, 1.807) is 0 Å². The van der Waals surface area contributed by atoms with E-state index >= 15 is 0 Å². The zero-order valence-electron chi connectivity index (χ0n) is 14.8. The minimum absolute atomic E-state index is 0. The van der Waals surface area contributed by atoms with Crippen LogP contribution in [-0.2, 0) is 45.8 Å². The number of para-hydroxylation sites is 4. The molecule has 2 aromatic carbocycles. The van der Waals surface area contributed by atoms with Gasteiger partial charge in [0, 0.05) is 32.7 Å². The molecule has 2 N–H and O–H groups in total. The molecular formula is C21H19N5Y-2. The monoisotopic (exact) mass is 430 g/mol. The quantitative estimate of drug-likeness (QED) is 0.402. The summed E-state index contributed by atoms with van der Waals surface area (Å²) in [4.78, 5) is 12.2. The van der Waals surface area contributed by atoms with Crippen LogP contribution in [0.3, 0.4) is 0 Å². The Morgan fingerprint density at radius 2 is 1.11 bits per heavy atom. The van der Waals surface area contributed by atoms with Crippen molar-refractivity contribution in [1.82, 2.24) is 4.98 Å². The third-order valence-corrected chi connectivity index (χ3v) is 3.87. The van der Waals surface area contributed by atoms with Crippen LogP contribution in [0, 0.1) is 0 Å². The summed E-state index contributed by atoms with van der Waals surface area (Å²) in [5.41, 5.74) is 5.03. The molecule has 27 heavy (non-hydrogen) atoms. The van der Waals surface area contributed by atoms with Crippen molar-refractivity contribution in [3.8, 4) is 0 Å². The number of aliphatic imine (C=N–C) groups is 2. The van der Waals surface area contributed by atoms with Gasteiger partial charge in [0.15, 0.2) is 0 Å². The normalized spacial score (nSPS) is 9.78. The van der Waals surface area contributed by atoms with Crippen LogP contribution in [0.15, 0.2) is 76.7 Å². The van der Waals surface area contributed by atoms with Crippen LogP contribution in [0.5, 0.6) is 0 Å². The first-order valence-corrected chi connectivity index (χ1v) is 8.22. The van der Waals surface area contributed by atoms with Gasteiger partial charge in [-0.25, -0.2) is 0 Å². The van der Waals surface area contributed by atoms with Crippen LogP contribution < -0.4 is 10.6 Å². The molecule has 0 aliphatic rings. The van der Waals surface area contributed by atoms with Gasteiger partial charge in [-0.05, 0) is 23.5 Å². The number of anilines is 2. The van der Waals surface area contributed by atoms with E-state index in [9.17, 15) is 0 Å². The number of rotatable bonds is 8. The van der Waals surface area contributed by atoms with E-state index in [1.165, 1.54) is 0 Å². The minimum Gasteiger partial charge on any atom is -0.458 e. The Hall–Kier alpha value is -2.37. The summed E-state index contributed by atoms with van der Waals surface area (Å²) in [5, 5.41) is 6.62. The molecule has 1 aromatic heterocycles. The third kappa shape index (κ3) is 5.81. The first-order valence-electron chi connectivity index (χ1n) is 8.22. The van der Waals surface area contributed by atoms with Crippen LogP contribution in [0.2, 0.25) is 0 Å². The van der Waals surface area contributed by atoms with Gasteiger partial charge in [0.25, 0.3) is 0 Å². The summed E-state index contributed by atoms with van der Waals surface area (Å²) >= 11 is 0. The maximum Gasteiger partial charge on any atom is 0.0598 e. The predicted octanol–water partition coefficient (Wildman–Crippen LogP) is 4.72. The molecule has 0 fully saturated rings. The van der Waals surface area contributed by atoms with E-state index in [-0.39, 0.29) is 32.7 Å². The van der Waals surface area contributed by atoms with Gasteiger partial charge < -0.3 is 20.6 Å². The van der Waals surface area contributed by atoms with Gasteiger partial charge in [-0.3, -0.25) is 4.98 Å². The van der Waals surface area contributed by atoms with Crippen molar-refractivity contribution in [3.63, 3.8) is 0 Å². The predicted molar refractivity (Wildman–Crippen MR) is 108 cm³/mol. The molecule has 0 aliphatic heterocycles. The standard InChI is InChI=1S/C21H19N5.Y/c1-22-18-10-3-5-12-20(18)24-14-16-8-7-9-17(26-16)15-25-21-13-6-4-11-19(21)23-2;/h1-13,24-25H,14-15H2;/q-2;. The molecule has 3 aromatic rings. The van der Waals surface area contributed by atoms with E-state index in [0.29, 0.717) is 24.5 Å². The van der Waals surface area contributed by atoms with Gasteiger partial charge in [0.05, 0.1) is 24.5 Å². The fourth-order valence-corrected chi connectivity index (χ4v) is 2.57. The number of nitrogens with one attached hydrogen (secondary N) is 2. The second-order valence-electron chi connectivity index (χ2n) is 5.62. The van der Waals surface area contributed by atoms with E-state index in [2.05, 4.69) is 25.6 Å². The van der Waals surface area contributed by atoms with E-state index < -0.39 is 0 Å². The smallest absolute Gasteiger partial charge is 0.0598 e. The molecule has 0 spiro atoms. The summed E-state index contributed by atoms with van der Waals surface area (Å²) in [6.45, 7) is 12.0. The van der Waals surface area contributed by atoms with Gasteiger partial charge in [0.1, 0.15) is 0 Å². The fraction of sp³-hybridized carbons (Fsp3) is 0.0952. The first kappa shape index (κ1) is 20.9. The zero-order chi connectivity index (χ0) is 18.2. The number of aromatic nitrogens is 1. The second kappa shape index (κ2) is 10.7. The SMILES string of the molecule is [CH-]=Nc1ccccc1NCc1cccc(CNc2ccccc2N=[CH-])n1.[Y]. The Labute approximate surface area is 184 Å². The van der Waals surface area contributed by atoms with Crippen molar-refractivity contribution in [2.75, 3.05) is 10.6 Å². The second-order valence-corrected chi connectivity index (χ2v) is 5.62. The average Bonchev–Trinajstić information content (AvgIpc) is 2.71. The number of hydrogen-bond acceptors (Lipinski definition) is 5. The summed E-state index contributed by atoms with van der Waals surface area (Å²) in [6, 6.07) is 21.2. The Kier molecular flexibility index (Phi) is 8.30. The van der Waals surface area contributed by atoms with Crippen molar-refractivity contribution in [2.24, 2.45) is 9.98 Å². The molecule has 0 atom stereocenters. The fourth-order valence-electron chi connectivity index (χ4n) is 2.57. The summed E-state index contributed by atoms with van der Waals surface area (Å²) in [7, 11) is 0. The molecule has 0 saturated carbocycles. The number of benzene rings is 2. The van der Waals surface area contributed by atoms with Gasteiger partial charge in [-0.15, -0.1) is 12.1 Å². The first-order chi connectivity index (χ1) is 12.8. The molecule has 133 valence electrons. The van der Waals surface area contributed by atoms with Gasteiger partial charge >= 0.3 is 0 Å². The Bertz CT molecular complexity index is 840. The molecular weight excluding hydrogens is 411 g/mol. The number of pyridine rings is 1. The number of hydrogen-bond donors (Lipinski definition) is 2. The van der Waals surface area contributed by atoms with E-state index in [4.69, 9.17) is 13.4 Å². The molecule has 1 radical (unpaired) electrons. The van der Waals surface area contributed by atoms with Crippen LogP contribution in [0.25, 0.3) is 0 Å². The van der Waals surface area contributed by atoms with Crippen LogP contribution in [0.4, 0.5) is 22.7 Å². The molecule has 0 bridgehead atoms. The molecule has 5 nitrogen and oxygen atoms in total. The molecule has 1 heterocycles. The summed E-state index contributed by atoms with van der Waals surface area (Å²) in [6.07, 6.45) is 0. The molecule has 3 rings (SSSR count).